The van der Waals surface area contributed by atoms with Crippen LogP contribution in [0.25, 0.3) is 5.65 Å². The average molecular weight is 616 g/mol. The quantitative estimate of drug-likeness (QED) is 0.173. The highest BCUT2D eigenvalue weighted by atomic mass is 16.5. The van der Waals surface area contributed by atoms with Gasteiger partial charge in [0.2, 0.25) is 0 Å². The Labute approximate surface area is 270 Å². The predicted octanol–water partition coefficient (Wildman–Crippen LogP) is 5.11. The smallest absolute Gasteiger partial charge is 0.167 e. The number of nitrogens with zero attached hydrogens (tertiary/aromatic N) is 6. The molecular weight excluding hydrogens is 574 g/mol. The normalized spacial score (nSPS) is 13.9. The van der Waals surface area contributed by atoms with E-state index in [1.54, 1.807) is 19.5 Å². The van der Waals surface area contributed by atoms with Crippen LogP contribution in [-0.4, -0.2) is 81.7 Å². The fourth-order valence-electron chi connectivity index (χ4n) is 5.73. The molecule has 1 aliphatic rings. The molecular formula is C37H41N7O2. The van der Waals surface area contributed by atoms with Crippen molar-refractivity contribution >= 4 is 22.8 Å². The number of Topliss-reactive ketones (excluding diaryl/α,β-unsaturated/α-hetero) is 1. The summed E-state index contributed by atoms with van der Waals surface area (Å²) in [6.07, 6.45) is 7.81. The number of nitrogens with one attached hydrogen (secondary N) is 1. The Kier molecular flexibility index (Phi) is 9.60. The highest BCUT2D eigenvalue weighted by molar-refractivity contribution is 5.98. The second-order valence-electron chi connectivity index (χ2n) is 12.1. The maximum absolute atomic E-state index is 13.4. The summed E-state index contributed by atoms with van der Waals surface area (Å²) < 4.78 is 8.94. The van der Waals surface area contributed by atoms with Crippen molar-refractivity contribution in [3.05, 3.63) is 112 Å². The number of fused-ring (bicyclic) bond motifs is 1. The maximum atomic E-state index is 13.4. The van der Waals surface area contributed by atoms with Crippen LogP contribution >= 0.6 is 0 Å². The van der Waals surface area contributed by atoms with Crippen molar-refractivity contribution in [2.24, 2.45) is 0 Å². The highest BCUT2D eigenvalue weighted by Crippen LogP contribution is 2.22. The largest absolute Gasteiger partial charge is 0.383 e. The first-order valence-corrected chi connectivity index (χ1v) is 15.8. The molecule has 6 rings (SSSR count). The minimum atomic E-state index is 0.0883. The first-order chi connectivity index (χ1) is 22.4. The number of ether oxygens (including phenoxy) is 1. The molecule has 1 saturated heterocycles. The number of pyridine rings is 1. The number of aromatic nitrogens is 4. The molecule has 0 aliphatic carbocycles. The molecule has 5 aromatic rings. The number of piperazine rings is 1. The SMILES string of the molecule is COCCn1cc(Nc2cccn3c(C#Cc4cc(C(=O)Cc5ccc(CN6CCN(C)CC6)c(C)c5)ccc4C)cnc23)cn1. The molecule has 1 aliphatic heterocycles. The Balaban J connectivity index is 1.14. The molecule has 0 radical (unpaired) electrons. The molecule has 0 saturated carbocycles. The molecule has 4 heterocycles. The first-order valence-electron chi connectivity index (χ1n) is 15.8. The summed E-state index contributed by atoms with van der Waals surface area (Å²) >= 11 is 0. The van der Waals surface area contributed by atoms with E-state index in [4.69, 9.17) is 4.74 Å². The lowest BCUT2D eigenvalue weighted by atomic mass is 9.96. The second-order valence-corrected chi connectivity index (χ2v) is 12.1. The monoisotopic (exact) mass is 615 g/mol. The minimum absolute atomic E-state index is 0.0883. The summed E-state index contributed by atoms with van der Waals surface area (Å²) in [6.45, 7) is 10.8. The lowest BCUT2D eigenvalue weighted by Gasteiger charge is -2.32. The number of carbonyl (C=O) groups excluding carboxylic acids is 1. The Morgan fingerprint density at radius 2 is 1.85 bits per heavy atom. The molecule has 2 aromatic carbocycles. The number of methoxy groups -OCH3 is 1. The lowest BCUT2D eigenvalue weighted by molar-refractivity contribution is 0.0993. The number of benzene rings is 2. The molecule has 9 heteroatoms. The third-order valence-electron chi connectivity index (χ3n) is 8.62. The van der Waals surface area contributed by atoms with Crippen LogP contribution in [0.4, 0.5) is 11.4 Å². The van der Waals surface area contributed by atoms with Gasteiger partial charge in [0.25, 0.3) is 0 Å². The van der Waals surface area contributed by atoms with E-state index in [9.17, 15) is 4.79 Å². The summed E-state index contributed by atoms with van der Waals surface area (Å²) in [7, 11) is 3.86. The van der Waals surface area contributed by atoms with Gasteiger partial charge in [0.1, 0.15) is 5.69 Å². The van der Waals surface area contributed by atoms with Gasteiger partial charge in [0.15, 0.2) is 11.4 Å². The molecule has 3 aromatic heterocycles. The minimum Gasteiger partial charge on any atom is -0.383 e. The van der Waals surface area contributed by atoms with Crippen LogP contribution in [-0.2, 0) is 24.2 Å². The molecule has 46 heavy (non-hydrogen) atoms. The zero-order valence-electron chi connectivity index (χ0n) is 27.1. The van der Waals surface area contributed by atoms with Crippen molar-refractivity contribution in [3.8, 4) is 11.8 Å². The topological polar surface area (TPSA) is 79.9 Å². The van der Waals surface area contributed by atoms with Gasteiger partial charge in [-0.3, -0.25) is 18.8 Å². The molecule has 0 unspecified atom stereocenters. The second kappa shape index (κ2) is 14.1. The Morgan fingerprint density at radius 3 is 2.65 bits per heavy atom. The van der Waals surface area contributed by atoms with Gasteiger partial charge in [-0.05, 0) is 67.3 Å². The van der Waals surface area contributed by atoms with E-state index in [1.807, 2.05) is 58.7 Å². The van der Waals surface area contributed by atoms with Gasteiger partial charge in [-0.15, -0.1) is 0 Å². The van der Waals surface area contributed by atoms with Crippen LogP contribution < -0.4 is 5.32 Å². The average Bonchev–Trinajstić information content (AvgIpc) is 3.69. The zero-order chi connectivity index (χ0) is 32.0. The van der Waals surface area contributed by atoms with Crippen molar-refractivity contribution in [2.45, 2.75) is 33.4 Å². The standard InChI is InChI=1S/C37H41N7O2/c1-27-7-9-31(36(45)21-29-8-10-32(28(2)20-29)25-42-16-14-41(3)15-17-42)22-30(27)11-12-34-24-38-37-35(6-5-13-44(34)37)40-33-23-39-43(26-33)18-19-46-4/h5-10,13,20,22-24,26,40H,14-19,21,25H2,1-4H3. The van der Waals surface area contributed by atoms with E-state index >= 15 is 0 Å². The van der Waals surface area contributed by atoms with Gasteiger partial charge >= 0.3 is 0 Å². The number of anilines is 2. The summed E-state index contributed by atoms with van der Waals surface area (Å²) in [5.41, 5.74) is 9.38. The van der Waals surface area contributed by atoms with Gasteiger partial charge in [0, 0.05) is 69.8 Å². The predicted molar refractivity (Wildman–Crippen MR) is 182 cm³/mol. The number of rotatable bonds is 10. The van der Waals surface area contributed by atoms with Crippen molar-refractivity contribution in [2.75, 3.05) is 52.3 Å². The van der Waals surface area contributed by atoms with Crippen molar-refractivity contribution in [1.82, 2.24) is 29.0 Å². The molecule has 0 atom stereocenters. The van der Waals surface area contributed by atoms with E-state index in [1.165, 1.54) is 11.1 Å². The van der Waals surface area contributed by atoms with Gasteiger partial charge in [0.05, 0.1) is 36.9 Å². The summed E-state index contributed by atoms with van der Waals surface area (Å²) in [6, 6.07) is 16.2. The molecule has 9 nitrogen and oxygen atoms in total. The van der Waals surface area contributed by atoms with E-state index in [2.05, 4.69) is 69.2 Å². The van der Waals surface area contributed by atoms with Crippen LogP contribution in [0.5, 0.6) is 0 Å². The Morgan fingerprint density at radius 1 is 1.00 bits per heavy atom. The van der Waals surface area contributed by atoms with E-state index < -0.39 is 0 Å². The number of imidazole rings is 1. The van der Waals surface area contributed by atoms with Crippen LogP contribution in [0, 0.1) is 25.7 Å². The molecule has 1 fully saturated rings. The molecule has 0 spiro atoms. The number of carbonyl (C=O) groups is 1. The molecule has 0 amide bonds. The summed E-state index contributed by atoms with van der Waals surface area (Å²) in [4.78, 5) is 22.9. The maximum Gasteiger partial charge on any atom is 0.167 e. The summed E-state index contributed by atoms with van der Waals surface area (Å²) in [5, 5.41) is 7.78. The number of aryl methyl sites for hydroxylation is 2. The van der Waals surface area contributed by atoms with E-state index in [0.29, 0.717) is 25.1 Å². The van der Waals surface area contributed by atoms with E-state index in [-0.39, 0.29) is 5.78 Å². The van der Waals surface area contributed by atoms with Crippen molar-refractivity contribution in [3.63, 3.8) is 0 Å². The van der Waals surface area contributed by atoms with Gasteiger partial charge in [-0.2, -0.15) is 5.10 Å². The van der Waals surface area contributed by atoms with Crippen LogP contribution in [0.2, 0.25) is 0 Å². The third-order valence-corrected chi connectivity index (χ3v) is 8.62. The Bertz CT molecular complexity index is 1900. The number of hydrogen-bond donors (Lipinski definition) is 1. The van der Waals surface area contributed by atoms with Gasteiger partial charge in [-0.25, -0.2) is 4.98 Å². The van der Waals surface area contributed by atoms with Crippen LogP contribution in [0.3, 0.4) is 0 Å². The van der Waals surface area contributed by atoms with Crippen molar-refractivity contribution < 1.29 is 9.53 Å². The third kappa shape index (κ3) is 7.37. The Hall–Kier alpha value is -4.75. The van der Waals surface area contributed by atoms with Crippen LogP contribution in [0.1, 0.15) is 43.9 Å². The molecule has 236 valence electrons. The fraction of sp³-hybridized carbons (Fsp3) is 0.324. The van der Waals surface area contributed by atoms with Gasteiger partial charge < -0.3 is 15.0 Å². The first kappa shape index (κ1) is 31.2. The molecule has 0 bridgehead atoms. The number of ketones is 1. The van der Waals surface area contributed by atoms with Crippen molar-refractivity contribution in [1.29, 1.82) is 0 Å². The summed E-state index contributed by atoms with van der Waals surface area (Å²) in [5.74, 6) is 6.67. The van der Waals surface area contributed by atoms with Gasteiger partial charge in [-0.1, -0.05) is 36.3 Å². The number of likely N-dealkylation sites (N-methyl/N-ethyl adjacent to an activating group) is 1. The highest BCUT2D eigenvalue weighted by Gasteiger charge is 2.16. The lowest BCUT2D eigenvalue weighted by Crippen LogP contribution is -2.43. The van der Waals surface area contributed by atoms with Crippen LogP contribution in [0.15, 0.2) is 73.3 Å². The number of hydrogen-bond acceptors (Lipinski definition) is 7. The fourth-order valence-corrected chi connectivity index (χ4v) is 5.73. The van der Waals surface area contributed by atoms with E-state index in [0.717, 1.165) is 72.1 Å². The zero-order valence-corrected chi connectivity index (χ0v) is 27.1. The molecule has 1 N–H and O–H groups in total.